The van der Waals surface area contributed by atoms with Crippen LogP contribution in [0, 0.1) is 5.41 Å². The fourth-order valence-electron chi connectivity index (χ4n) is 2.56. The Kier molecular flexibility index (Phi) is 6.12. The van der Waals surface area contributed by atoms with E-state index < -0.39 is 0 Å². The third kappa shape index (κ3) is 5.16. The zero-order valence-corrected chi connectivity index (χ0v) is 11.4. The summed E-state index contributed by atoms with van der Waals surface area (Å²) in [5.41, 5.74) is 2.19. The highest BCUT2D eigenvalue weighted by Gasteiger charge is 2.25. The lowest BCUT2D eigenvalue weighted by Gasteiger charge is -2.34. The summed E-state index contributed by atoms with van der Waals surface area (Å²) in [5.74, 6) is 0. The van der Waals surface area contributed by atoms with E-state index in [0.29, 0.717) is 5.41 Å². The molecule has 0 radical (unpaired) electrons. The summed E-state index contributed by atoms with van der Waals surface area (Å²) in [4.78, 5) is 0. The maximum atomic E-state index is 3.46. The molecule has 1 aliphatic rings. The predicted octanol–water partition coefficient (Wildman–Crippen LogP) is 4.29. The van der Waals surface area contributed by atoms with Gasteiger partial charge in [-0.1, -0.05) is 31.4 Å². The van der Waals surface area contributed by atoms with E-state index in [1.807, 2.05) is 0 Å². The Hall–Kier alpha value is -0.300. The van der Waals surface area contributed by atoms with Crippen LogP contribution in [0.1, 0.15) is 65.7 Å². The molecule has 0 spiro atoms. The van der Waals surface area contributed by atoms with E-state index >= 15 is 0 Å². The van der Waals surface area contributed by atoms with Crippen LogP contribution in [0.4, 0.5) is 0 Å². The second-order valence-corrected chi connectivity index (χ2v) is 5.76. The predicted molar refractivity (Wildman–Crippen MR) is 72.7 cm³/mol. The van der Waals surface area contributed by atoms with Gasteiger partial charge in [-0.2, -0.15) is 0 Å². The lowest BCUT2D eigenvalue weighted by molar-refractivity contribution is 0.205. The molecule has 1 heterocycles. The molecule has 0 atom stereocenters. The van der Waals surface area contributed by atoms with Gasteiger partial charge in [-0.25, -0.2) is 0 Å². The van der Waals surface area contributed by atoms with Crippen LogP contribution in [0.5, 0.6) is 0 Å². The minimum atomic E-state index is 0.640. The average Bonchev–Trinajstić information content (AvgIpc) is 2.29. The van der Waals surface area contributed by atoms with Crippen molar-refractivity contribution in [1.82, 2.24) is 5.32 Å². The zero-order chi connectivity index (χ0) is 11.9. The minimum absolute atomic E-state index is 0.640. The third-order valence-electron chi connectivity index (χ3n) is 4.15. The van der Waals surface area contributed by atoms with Gasteiger partial charge in [-0.3, -0.25) is 0 Å². The number of hydrogen-bond donors (Lipinski definition) is 1. The molecule has 94 valence electrons. The maximum absolute atomic E-state index is 3.46. The first-order chi connectivity index (χ1) is 7.66. The number of piperidine rings is 1. The SMILES string of the molecule is C/C=C(\C)CCCCCC1(C)CCNCC1. The van der Waals surface area contributed by atoms with Gasteiger partial charge in [0.15, 0.2) is 0 Å². The standard InChI is InChI=1S/C15H29N/c1-4-14(2)8-6-5-7-9-15(3)10-12-16-13-11-15/h4,16H,5-13H2,1-3H3/b14-4+. The minimum Gasteiger partial charge on any atom is -0.317 e. The Bertz CT molecular complexity index is 211. The summed E-state index contributed by atoms with van der Waals surface area (Å²) in [5, 5.41) is 3.46. The fraction of sp³-hybridized carbons (Fsp3) is 0.867. The van der Waals surface area contributed by atoms with Crippen molar-refractivity contribution >= 4 is 0 Å². The van der Waals surface area contributed by atoms with E-state index in [0.717, 1.165) is 0 Å². The Morgan fingerprint density at radius 1 is 1.19 bits per heavy atom. The van der Waals surface area contributed by atoms with Gasteiger partial charge in [0, 0.05) is 0 Å². The van der Waals surface area contributed by atoms with Crippen LogP contribution in [0.2, 0.25) is 0 Å². The molecule has 0 amide bonds. The molecule has 1 aliphatic heterocycles. The van der Waals surface area contributed by atoms with Gasteiger partial charge >= 0.3 is 0 Å². The molecule has 16 heavy (non-hydrogen) atoms. The topological polar surface area (TPSA) is 12.0 Å². The Labute approximate surface area is 102 Å². The molecule has 1 nitrogen and oxygen atoms in total. The van der Waals surface area contributed by atoms with Crippen LogP contribution in [-0.2, 0) is 0 Å². The van der Waals surface area contributed by atoms with E-state index in [4.69, 9.17) is 0 Å². The summed E-state index contributed by atoms with van der Waals surface area (Å²) < 4.78 is 0. The van der Waals surface area contributed by atoms with Crippen LogP contribution in [-0.4, -0.2) is 13.1 Å². The van der Waals surface area contributed by atoms with Crippen LogP contribution < -0.4 is 5.32 Å². The van der Waals surface area contributed by atoms with Gasteiger partial charge < -0.3 is 5.32 Å². The first-order valence-corrected chi connectivity index (χ1v) is 6.99. The van der Waals surface area contributed by atoms with Gasteiger partial charge in [0.05, 0.1) is 0 Å². The van der Waals surface area contributed by atoms with Crippen molar-refractivity contribution in [3.05, 3.63) is 11.6 Å². The van der Waals surface area contributed by atoms with E-state index in [2.05, 4.69) is 32.2 Å². The summed E-state index contributed by atoms with van der Waals surface area (Å²) in [7, 11) is 0. The molecule has 0 unspecified atom stereocenters. The normalized spacial score (nSPS) is 21.1. The molecule has 0 aromatic rings. The molecule has 0 aromatic carbocycles. The number of hydrogen-bond acceptors (Lipinski definition) is 1. The molecular formula is C15H29N. The zero-order valence-electron chi connectivity index (χ0n) is 11.4. The highest BCUT2D eigenvalue weighted by Crippen LogP contribution is 2.33. The highest BCUT2D eigenvalue weighted by atomic mass is 14.9. The van der Waals surface area contributed by atoms with Crippen molar-refractivity contribution in [1.29, 1.82) is 0 Å². The lowest BCUT2D eigenvalue weighted by atomic mass is 9.77. The van der Waals surface area contributed by atoms with Gasteiger partial charge in [-0.05, 0) is 64.5 Å². The van der Waals surface area contributed by atoms with Crippen LogP contribution in [0.3, 0.4) is 0 Å². The summed E-state index contributed by atoms with van der Waals surface area (Å²) >= 11 is 0. The monoisotopic (exact) mass is 223 g/mol. The quantitative estimate of drug-likeness (QED) is 0.523. The van der Waals surface area contributed by atoms with Crippen molar-refractivity contribution in [2.75, 3.05) is 13.1 Å². The second kappa shape index (κ2) is 7.11. The fourth-order valence-corrected chi connectivity index (χ4v) is 2.56. The van der Waals surface area contributed by atoms with Gasteiger partial charge in [0.1, 0.15) is 0 Å². The molecule has 1 saturated heterocycles. The molecule has 0 aliphatic carbocycles. The summed E-state index contributed by atoms with van der Waals surface area (Å²) in [6, 6.07) is 0. The van der Waals surface area contributed by atoms with Crippen molar-refractivity contribution < 1.29 is 0 Å². The van der Waals surface area contributed by atoms with Crippen molar-refractivity contribution in [2.24, 2.45) is 5.41 Å². The maximum Gasteiger partial charge on any atom is -0.00437 e. The molecule has 1 N–H and O–H groups in total. The summed E-state index contributed by atoms with van der Waals surface area (Å²) in [6.07, 6.45) is 11.9. The molecular weight excluding hydrogens is 194 g/mol. The highest BCUT2D eigenvalue weighted by molar-refractivity contribution is 4.94. The molecule has 1 fully saturated rings. The van der Waals surface area contributed by atoms with Gasteiger partial charge in [-0.15, -0.1) is 0 Å². The molecule has 1 heteroatoms. The van der Waals surface area contributed by atoms with Crippen LogP contribution in [0.15, 0.2) is 11.6 Å². The number of nitrogens with one attached hydrogen (secondary N) is 1. The molecule has 0 saturated carbocycles. The van der Waals surface area contributed by atoms with Crippen molar-refractivity contribution in [2.45, 2.75) is 65.7 Å². The van der Waals surface area contributed by atoms with Crippen molar-refractivity contribution in [3.8, 4) is 0 Å². The van der Waals surface area contributed by atoms with Crippen LogP contribution in [0.25, 0.3) is 0 Å². The molecule has 0 aromatic heterocycles. The Morgan fingerprint density at radius 3 is 2.50 bits per heavy atom. The lowest BCUT2D eigenvalue weighted by Crippen LogP contribution is -2.34. The van der Waals surface area contributed by atoms with Gasteiger partial charge in [0.25, 0.3) is 0 Å². The smallest absolute Gasteiger partial charge is 0.00437 e. The Balaban J connectivity index is 2.06. The first-order valence-electron chi connectivity index (χ1n) is 6.99. The largest absolute Gasteiger partial charge is 0.317 e. The van der Waals surface area contributed by atoms with Gasteiger partial charge in [0.2, 0.25) is 0 Å². The third-order valence-corrected chi connectivity index (χ3v) is 4.15. The average molecular weight is 223 g/mol. The number of allylic oxidation sites excluding steroid dienone is 2. The van der Waals surface area contributed by atoms with E-state index in [-0.39, 0.29) is 0 Å². The van der Waals surface area contributed by atoms with E-state index in [1.165, 1.54) is 58.0 Å². The Morgan fingerprint density at radius 2 is 1.88 bits per heavy atom. The van der Waals surface area contributed by atoms with Crippen molar-refractivity contribution in [3.63, 3.8) is 0 Å². The number of unbranched alkanes of at least 4 members (excludes halogenated alkanes) is 2. The second-order valence-electron chi connectivity index (χ2n) is 5.76. The van der Waals surface area contributed by atoms with Crippen LogP contribution >= 0.6 is 0 Å². The number of rotatable bonds is 6. The van der Waals surface area contributed by atoms with E-state index in [9.17, 15) is 0 Å². The molecule has 1 rings (SSSR count). The molecule has 0 bridgehead atoms. The van der Waals surface area contributed by atoms with E-state index in [1.54, 1.807) is 5.57 Å². The summed E-state index contributed by atoms with van der Waals surface area (Å²) in [6.45, 7) is 9.33. The first kappa shape index (κ1) is 13.8.